The highest BCUT2D eigenvalue weighted by Gasteiger charge is 2.31. The highest BCUT2D eigenvalue weighted by molar-refractivity contribution is 6.31. The van der Waals surface area contributed by atoms with Gasteiger partial charge >= 0.3 is 35.9 Å². The highest BCUT2D eigenvalue weighted by atomic mass is 35.5. The molecule has 0 aliphatic heterocycles. The summed E-state index contributed by atoms with van der Waals surface area (Å²) in [6.45, 7) is 6.17. The zero-order chi connectivity index (χ0) is 72.3. The van der Waals surface area contributed by atoms with Crippen LogP contribution in [0.5, 0.6) is 0 Å². The number of ether oxygens (including phenoxy) is 5. The maximum atomic E-state index is 14.3. The fourth-order valence-electron chi connectivity index (χ4n) is 9.59. The smallest absolute Gasteiger partial charge is 0.407 e. The maximum Gasteiger partial charge on any atom is 0.407 e. The van der Waals surface area contributed by atoms with Gasteiger partial charge in [-0.25, -0.2) is 28.0 Å². The van der Waals surface area contributed by atoms with Crippen LogP contribution in [0.25, 0.3) is 44.8 Å². The van der Waals surface area contributed by atoms with Crippen LogP contribution in [0.3, 0.4) is 0 Å². The molecule has 3 amide bonds. The number of carbonyl (C=O) groups excluding carboxylic acids is 7. The summed E-state index contributed by atoms with van der Waals surface area (Å²) in [5.74, 6) is -7.94. The van der Waals surface area contributed by atoms with Crippen molar-refractivity contribution in [2.24, 2.45) is 17.8 Å². The summed E-state index contributed by atoms with van der Waals surface area (Å²) >= 11 is 17.5. The zero-order valence-corrected chi connectivity index (χ0v) is 56.6. The SMILES string of the molecule is COC(=O)C[C@H](C(=O)OCCl)C(C)C.COC(=O)N[C@H](C(=O)OCOC(=O)[C@H](O)C[C@@H](Cc1ccc(-c2cccc(Cl)c2)cc1)NC(=O)c1cc(-c2ccccc2F)no1)C(C)C.O=C(N[C@H](Cc1ccc(-c2cccc(Cl)c2)cc1)C[C@@H](O)C(=O)O)c1cc(-c2ccccc2F)no1. The molecule has 2 heterocycles. The Balaban J connectivity index is 0.000000269. The second-order valence-electron chi connectivity index (χ2n) is 22.7. The number of aliphatic hydroxyl groups is 2. The minimum atomic E-state index is -1.74. The molecule has 0 unspecified atom stereocenters. The lowest BCUT2D eigenvalue weighted by atomic mass is 9.93. The van der Waals surface area contributed by atoms with E-state index in [1.165, 1.54) is 55.6 Å². The number of nitrogens with zero attached hydrogens (tertiary/aromatic N) is 2. The van der Waals surface area contributed by atoms with Crippen molar-refractivity contribution >= 4 is 82.6 Å². The monoisotopic (exact) mass is 1430 g/mol. The summed E-state index contributed by atoms with van der Waals surface area (Å²) in [5.41, 5.74) is 5.83. The van der Waals surface area contributed by atoms with E-state index >= 15 is 0 Å². The summed E-state index contributed by atoms with van der Waals surface area (Å²) in [5, 5.41) is 46.3. The molecule has 0 bridgehead atoms. The Bertz CT molecular complexity index is 4020. The van der Waals surface area contributed by atoms with E-state index in [4.69, 9.17) is 58.4 Å². The van der Waals surface area contributed by atoms with Gasteiger partial charge in [0, 0.05) is 58.2 Å². The molecule has 0 aliphatic carbocycles. The van der Waals surface area contributed by atoms with Gasteiger partial charge in [0.2, 0.25) is 18.3 Å². The largest absolute Gasteiger partial charge is 0.479 e. The average molecular weight is 1430 g/mol. The molecule has 8 aromatic rings. The lowest BCUT2D eigenvalue weighted by Gasteiger charge is -2.22. The number of carbonyl (C=O) groups is 8. The van der Waals surface area contributed by atoms with Gasteiger partial charge in [0.15, 0.2) is 18.3 Å². The lowest BCUT2D eigenvalue weighted by Crippen LogP contribution is -2.45. The molecule has 6 aromatic carbocycles. The van der Waals surface area contributed by atoms with Gasteiger partial charge in [-0.1, -0.05) is 170 Å². The van der Waals surface area contributed by atoms with E-state index in [-0.39, 0.29) is 84.0 Å². The number of aliphatic hydroxyl groups excluding tert-OH is 2. The Morgan fingerprint density at radius 3 is 1.38 bits per heavy atom. The summed E-state index contributed by atoms with van der Waals surface area (Å²) < 4.78 is 62.1. The molecule has 6 N–H and O–H groups in total. The Labute approximate surface area is 582 Å². The molecule has 2 aromatic heterocycles. The summed E-state index contributed by atoms with van der Waals surface area (Å²) in [4.78, 5) is 96.2. The van der Waals surface area contributed by atoms with Gasteiger partial charge in [0.25, 0.3) is 11.8 Å². The van der Waals surface area contributed by atoms with E-state index in [2.05, 4.69) is 40.5 Å². The van der Waals surface area contributed by atoms with Crippen LogP contribution in [0, 0.1) is 29.4 Å². The Hall–Kier alpha value is -10.1. The van der Waals surface area contributed by atoms with Gasteiger partial charge in [0.05, 0.1) is 26.6 Å². The summed E-state index contributed by atoms with van der Waals surface area (Å²) in [7, 11) is 2.42. The number of benzene rings is 6. The molecule has 8 rings (SSSR count). The number of esters is 4. The fourth-order valence-corrected chi connectivity index (χ4v) is 10.1. The van der Waals surface area contributed by atoms with E-state index < -0.39 is 102 Å². The maximum absolute atomic E-state index is 14.3. The van der Waals surface area contributed by atoms with Crippen molar-refractivity contribution in [3.05, 3.63) is 202 Å². The Morgan fingerprint density at radius 1 is 0.525 bits per heavy atom. The van der Waals surface area contributed by atoms with Crippen molar-refractivity contribution in [2.45, 2.75) is 90.1 Å². The quantitative estimate of drug-likeness (QED) is 0.0115. The van der Waals surface area contributed by atoms with Gasteiger partial charge in [-0.05, 0) is 107 Å². The van der Waals surface area contributed by atoms with Gasteiger partial charge in [-0.15, -0.1) is 0 Å². The first-order valence-corrected chi connectivity index (χ1v) is 31.9. The number of alkyl carbamates (subject to hydrolysis) is 1. The molecule has 524 valence electrons. The number of alkyl halides is 1. The average Bonchev–Trinajstić information content (AvgIpc) is 1.18. The van der Waals surface area contributed by atoms with Crippen LogP contribution in [0.1, 0.15) is 79.2 Å². The molecule has 0 saturated heterocycles. The lowest BCUT2D eigenvalue weighted by molar-refractivity contribution is -0.175. The van der Waals surface area contributed by atoms with Crippen molar-refractivity contribution in [1.82, 2.24) is 26.3 Å². The topological polar surface area (TPSA) is 332 Å². The number of rotatable bonds is 28. The van der Waals surface area contributed by atoms with E-state index in [0.29, 0.717) is 10.0 Å². The second kappa shape index (κ2) is 38.8. The van der Waals surface area contributed by atoms with Gasteiger partial charge < -0.3 is 64.0 Å². The Kier molecular flexibility index (Phi) is 30.5. The molecule has 0 aliphatic rings. The molecule has 99 heavy (non-hydrogen) atoms. The number of carboxylic acid groups (broad SMARTS) is 1. The first kappa shape index (κ1) is 78.0. The number of hydrogen-bond acceptors (Lipinski definition) is 19. The van der Waals surface area contributed by atoms with Crippen LogP contribution in [-0.2, 0) is 60.5 Å². The molecular formula is C71H72Cl3F2N5O18. The number of amides is 3. The van der Waals surface area contributed by atoms with Crippen LogP contribution in [0.15, 0.2) is 167 Å². The van der Waals surface area contributed by atoms with E-state index in [9.17, 15) is 57.4 Å². The summed E-state index contributed by atoms with van der Waals surface area (Å²) in [6, 6.07) is 41.2. The van der Waals surface area contributed by atoms with Crippen LogP contribution >= 0.6 is 34.8 Å². The third-order valence-corrected chi connectivity index (χ3v) is 15.5. The zero-order valence-electron chi connectivity index (χ0n) is 54.3. The Morgan fingerprint density at radius 2 is 0.980 bits per heavy atom. The highest BCUT2D eigenvalue weighted by Crippen LogP contribution is 2.28. The number of hydrogen-bond donors (Lipinski definition) is 6. The molecule has 0 spiro atoms. The summed E-state index contributed by atoms with van der Waals surface area (Å²) in [6.07, 6.45) is -4.34. The molecule has 0 fully saturated rings. The normalized spacial score (nSPS) is 12.7. The fraction of sp³-hybridized carbons (Fsp3) is 0.296. The van der Waals surface area contributed by atoms with Crippen molar-refractivity contribution in [1.29, 1.82) is 0 Å². The standard InChI is InChI=1S/C35H35ClFN3O9.C27H22ClFN2O5.C9H15ClO4/c1-20(2)31(39-35(45)46-3)34(44)48-19-47-33(43)29(41)17-25(15-21-11-13-22(14-12-21)23-7-6-8-24(36)16-23)38-32(42)30-18-28(40-49-30)26-9-4-5-10-27(26)37;28-19-5-3-4-18(13-19)17-10-8-16(9-11-17)12-20(14-24(32)27(34)35)30-26(33)25-15-23(31-36-25)21-6-1-2-7-22(21)29;1-6(2)7(4-8(11)13-3)9(12)14-5-10/h4-14,16,18,20,25,29,31,41H,15,17,19H2,1-3H3,(H,38,42)(H,39,45);1-11,13,15,20,24,32H,12,14H2,(H,30,33)(H,34,35);6-7H,4-5H2,1-3H3/t25-,29-,31+;20-,24-;7-/m110/s1. The molecular weight excluding hydrogens is 1360 g/mol. The molecule has 0 radical (unpaired) electrons. The first-order valence-electron chi connectivity index (χ1n) is 30.6. The van der Waals surface area contributed by atoms with Crippen LogP contribution in [-0.4, -0.2) is 131 Å². The van der Waals surface area contributed by atoms with Crippen molar-refractivity contribution < 1.29 is 95.2 Å². The van der Waals surface area contributed by atoms with Crippen molar-refractivity contribution in [3.8, 4) is 44.8 Å². The number of methoxy groups -OCH3 is 2. The number of halogens is 5. The molecule has 23 nitrogen and oxygen atoms in total. The number of carboxylic acids is 1. The number of nitrogens with one attached hydrogen (secondary N) is 3. The molecule has 0 saturated carbocycles. The predicted octanol–water partition coefficient (Wildman–Crippen LogP) is 11.9. The van der Waals surface area contributed by atoms with Gasteiger partial charge in [-0.3, -0.25) is 19.2 Å². The first-order chi connectivity index (χ1) is 47.3. The van der Waals surface area contributed by atoms with Crippen LogP contribution in [0.2, 0.25) is 10.0 Å². The second-order valence-corrected chi connectivity index (χ2v) is 23.8. The minimum Gasteiger partial charge on any atom is -0.479 e. The van der Waals surface area contributed by atoms with E-state index in [0.717, 1.165) is 40.5 Å². The third kappa shape index (κ3) is 24.5. The van der Waals surface area contributed by atoms with Crippen LogP contribution < -0.4 is 16.0 Å². The number of aliphatic carboxylic acids is 1. The number of aromatic nitrogens is 2. The predicted molar refractivity (Wildman–Crippen MR) is 359 cm³/mol. The molecule has 28 heteroatoms. The van der Waals surface area contributed by atoms with Gasteiger partial charge in [0.1, 0.15) is 29.1 Å². The minimum absolute atomic E-state index is 0.0183. The third-order valence-electron chi connectivity index (χ3n) is 14.9. The van der Waals surface area contributed by atoms with E-state index in [1.54, 1.807) is 38.1 Å². The van der Waals surface area contributed by atoms with Crippen molar-refractivity contribution in [3.63, 3.8) is 0 Å². The van der Waals surface area contributed by atoms with Crippen LogP contribution in [0.4, 0.5) is 13.6 Å². The van der Waals surface area contributed by atoms with Gasteiger partial charge in [-0.2, -0.15) is 0 Å². The molecule has 6 atom stereocenters. The van der Waals surface area contributed by atoms with Crippen molar-refractivity contribution in [2.75, 3.05) is 27.1 Å². The van der Waals surface area contributed by atoms with E-state index in [1.807, 2.05) is 98.8 Å².